The predicted molar refractivity (Wildman–Crippen MR) is 143 cm³/mol. The standard InChI is InChI=1S/C27H34N4O4S/c1-19(2)21-8-14-26(15-9-21)36(33,34)31(17-20-4-12-25(35-3)13-5-20)18-24(32)16-30-23-10-6-22(7-11-23)27(28)29/h4-15,19,24,30,32H,16-18H2,1-3H3,(H3,28,29). The molecule has 0 aromatic heterocycles. The van der Waals surface area contributed by atoms with E-state index in [2.05, 4.69) is 19.2 Å². The van der Waals surface area contributed by atoms with E-state index in [0.717, 1.165) is 16.8 Å². The molecule has 0 amide bonds. The van der Waals surface area contributed by atoms with Gasteiger partial charge in [-0.15, -0.1) is 0 Å². The number of hydrogen-bond acceptors (Lipinski definition) is 6. The summed E-state index contributed by atoms with van der Waals surface area (Å²) in [4.78, 5) is 0.181. The van der Waals surface area contributed by atoms with Gasteiger partial charge in [0.2, 0.25) is 10.0 Å². The highest BCUT2D eigenvalue weighted by molar-refractivity contribution is 7.89. The molecule has 0 saturated carbocycles. The van der Waals surface area contributed by atoms with Gasteiger partial charge in [-0.3, -0.25) is 5.41 Å². The summed E-state index contributed by atoms with van der Waals surface area (Å²) >= 11 is 0. The van der Waals surface area contributed by atoms with Crippen molar-refractivity contribution in [3.63, 3.8) is 0 Å². The van der Waals surface area contributed by atoms with Crippen LogP contribution in [0.15, 0.2) is 77.7 Å². The summed E-state index contributed by atoms with van der Waals surface area (Å²) in [7, 11) is -2.30. The highest BCUT2D eigenvalue weighted by Gasteiger charge is 2.27. The highest BCUT2D eigenvalue weighted by Crippen LogP contribution is 2.23. The maximum absolute atomic E-state index is 13.6. The Labute approximate surface area is 213 Å². The summed E-state index contributed by atoms with van der Waals surface area (Å²) in [6, 6.07) is 21.0. The van der Waals surface area contributed by atoms with Gasteiger partial charge in [0, 0.05) is 30.9 Å². The number of aliphatic hydroxyl groups is 1. The molecule has 0 aliphatic heterocycles. The summed E-state index contributed by atoms with van der Waals surface area (Å²) < 4.78 is 33.7. The first-order valence-corrected chi connectivity index (χ1v) is 13.1. The SMILES string of the molecule is COc1ccc(CN(CC(O)CNc2ccc(C(=N)N)cc2)S(=O)(=O)c2ccc(C(C)C)cc2)cc1. The third kappa shape index (κ3) is 7.07. The van der Waals surface area contributed by atoms with Crippen LogP contribution in [-0.2, 0) is 16.6 Å². The second-order valence-electron chi connectivity index (χ2n) is 8.90. The molecule has 3 aromatic carbocycles. The number of amidine groups is 1. The van der Waals surface area contributed by atoms with Crippen molar-refractivity contribution in [1.82, 2.24) is 4.31 Å². The van der Waals surface area contributed by atoms with E-state index in [1.54, 1.807) is 55.6 Å². The number of rotatable bonds is 12. The molecule has 0 saturated heterocycles. The van der Waals surface area contributed by atoms with Crippen LogP contribution in [0.1, 0.15) is 36.5 Å². The lowest BCUT2D eigenvalue weighted by Crippen LogP contribution is -2.39. The molecule has 0 bridgehead atoms. The molecule has 1 atom stereocenters. The molecule has 3 rings (SSSR count). The number of nitrogens with two attached hydrogens (primary N) is 1. The molecule has 36 heavy (non-hydrogen) atoms. The number of nitrogen functional groups attached to an aromatic ring is 1. The van der Waals surface area contributed by atoms with E-state index in [-0.39, 0.29) is 36.3 Å². The molecule has 0 spiro atoms. The summed E-state index contributed by atoms with van der Waals surface area (Å²) in [6.07, 6.45) is -0.972. The molecule has 8 nitrogen and oxygen atoms in total. The quantitative estimate of drug-likeness (QED) is 0.217. The van der Waals surface area contributed by atoms with Crippen LogP contribution in [0, 0.1) is 5.41 Å². The summed E-state index contributed by atoms with van der Waals surface area (Å²) in [6.45, 7) is 4.24. The number of nitrogens with one attached hydrogen (secondary N) is 2. The fraction of sp³-hybridized carbons (Fsp3) is 0.296. The Balaban J connectivity index is 1.78. The van der Waals surface area contributed by atoms with E-state index in [0.29, 0.717) is 11.3 Å². The van der Waals surface area contributed by atoms with Crippen LogP contribution in [0.3, 0.4) is 0 Å². The van der Waals surface area contributed by atoms with Gasteiger partial charge in [-0.1, -0.05) is 38.1 Å². The van der Waals surface area contributed by atoms with Gasteiger partial charge in [0.25, 0.3) is 0 Å². The Hall–Kier alpha value is -3.40. The van der Waals surface area contributed by atoms with Gasteiger partial charge in [0.1, 0.15) is 11.6 Å². The van der Waals surface area contributed by atoms with Crippen molar-refractivity contribution in [1.29, 1.82) is 5.41 Å². The predicted octanol–water partition coefficient (Wildman–Crippen LogP) is 3.77. The zero-order valence-corrected chi connectivity index (χ0v) is 21.6. The summed E-state index contributed by atoms with van der Waals surface area (Å²) in [5.74, 6) is 0.939. The molecule has 0 fully saturated rings. The number of ether oxygens (including phenoxy) is 1. The molecule has 1 unspecified atom stereocenters. The maximum Gasteiger partial charge on any atom is 0.243 e. The Kier molecular flexibility index (Phi) is 9.08. The van der Waals surface area contributed by atoms with Crippen LogP contribution in [0.25, 0.3) is 0 Å². The first kappa shape index (κ1) is 27.2. The molecule has 192 valence electrons. The lowest BCUT2D eigenvalue weighted by Gasteiger charge is -2.25. The second-order valence-corrected chi connectivity index (χ2v) is 10.8. The average molecular weight is 511 g/mol. The Morgan fingerprint density at radius 1 is 1.03 bits per heavy atom. The average Bonchev–Trinajstić information content (AvgIpc) is 2.87. The van der Waals surface area contributed by atoms with E-state index in [1.807, 2.05) is 24.3 Å². The van der Waals surface area contributed by atoms with E-state index in [1.165, 1.54) is 4.31 Å². The molecule has 5 N–H and O–H groups in total. The monoisotopic (exact) mass is 510 g/mol. The van der Waals surface area contributed by atoms with Crippen molar-refractivity contribution in [3.8, 4) is 5.75 Å². The molecule has 9 heteroatoms. The van der Waals surface area contributed by atoms with Crippen LogP contribution in [0.5, 0.6) is 5.75 Å². The summed E-state index contributed by atoms with van der Waals surface area (Å²) in [5.41, 5.74) is 8.64. The van der Waals surface area contributed by atoms with E-state index in [4.69, 9.17) is 15.9 Å². The van der Waals surface area contributed by atoms with Gasteiger partial charge in [-0.25, -0.2) is 8.42 Å². The summed E-state index contributed by atoms with van der Waals surface area (Å²) in [5, 5.41) is 21.4. The topological polar surface area (TPSA) is 129 Å². The number of methoxy groups -OCH3 is 1. The van der Waals surface area contributed by atoms with Gasteiger partial charge in [0.15, 0.2) is 0 Å². The lowest BCUT2D eigenvalue weighted by atomic mass is 10.0. The Morgan fingerprint density at radius 3 is 2.17 bits per heavy atom. The maximum atomic E-state index is 13.6. The van der Waals surface area contributed by atoms with Crippen molar-refractivity contribution in [2.75, 3.05) is 25.5 Å². The fourth-order valence-corrected chi connectivity index (χ4v) is 5.12. The smallest absolute Gasteiger partial charge is 0.243 e. The normalized spacial score (nSPS) is 12.5. The van der Waals surface area contributed by atoms with E-state index >= 15 is 0 Å². The number of sulfonamides is 1. The molecule has 0 radical (unpaired) electrons. The molecule has 0 aliphatic carbocycles. The minimum atomic E-state index is -3.87. The van der Waals surface area contributed by atoms with Gasteiger partial charge < -0.3 is 20.9 Å². The largest absolute Gasteiger partial charge is 0.497 e. The van der Waals surface area contributed by atoms with Gasteiger partial charge >= 0.3 is 0 Å². The molecule has 3 aromatic rings. The minimum absolute atomic E-state index is 0.0256. The lowest BCUT2D eigenvalue weighted by molar-refractivity contribution is 0.155. The molecule has 0 heterocycles. The minimum Gasteiger partial charge on any atom is -0.497 e. The first-order valence-electron chi connectivity index (χ1n) is 11.7. The third-order valence-electron chi connectivity index (χ3n) is 5.85. The number of hydrogen-bond donors (Lipinski definition) is 4. The number of anilines is 1. The zero-order chi connectivity index (χ0) is 26.3. The Bertz CT molecular complexity index is 1240. The molecule has 0 aliphatic rings. The van der Waals surface area contributed by atoms with Crippen molar-refractivity contribution >= 4 is 21.5 Å². The molecular weight excluding hydrogens is 476 g/mol. The van der Waals surface area contributed by atoms with Crippen molar-refractivity contribution in [2.24, 2.45) is 5.73 Å². The number of nitrogens with zero attached hydrogens (tertiary/aromatic N) is 1. The van der Waals surface area contributed by atoms with Crippen LogP contribution in [0.2, 0.25) is 0 Å². The molecular formula is C27H34N4O4S. The van der Waals surface area contributed by atoms with Crippen molar-refractivity contribution in [2.45, 2.75) is 37.3 Å². The van der Waals surface area contributed by atoms with E-state index in [9.17, 15) is 13.5 Å². The highest BCUT2D eigenvalue weighted by atomic mass is 32.2. The van der Waals surface area contributed by atoms with Gasteiger partial charge in [-0.2, -0.15) is 4.31 Å². The first-order chi connectivity index (χ1) is 17.1. The zero-order valence-electron chi connectivity index (χ0n) is 20.8. The van der Waals surface area contributed by atoms with Gasteiger partial charge in [-0.05, 0) is 65.6 Å². The second kappa shape index (κ2) is 12.0. The van der Waals surface area contributed by atoms with Crippen LogP contribution >= 0.6 is 0 Å². The fourth-order valence-electron chi connectivity index (χ4n) is 3.66. The van der Waals surface area contributed by atoms with Gasteiger partial charge in [0.05, 0.1) is 18.1 Å². The van der Waals surface area contributed by atoms with Crippen LogP contribution in [0.4, 0.5) is 5.69 Å². The van der Waals surface area contributed by atoms with Crippen molar-refractivity contribution in [3.05, 3.63) is 89.5 Å². The van der Waals surface area contributed by atoms with Crippen molar-refractivity contribution < 1.29 is 18.3 Å². The van der Waals surface area contributed by atoms with E-state index < -0.39 is 16.1 Å². The number of aliphatic hydroxyl groups excluding tert-OH is 1. The van der Waals surface area contributed by atoms with Crippen LogP contribution < -0.4 is 15.8 Å². The number of benzene rings is 3. The third-order valence-corrected chi connectivity index (χ3v) is 7.68. The Morgan fingerprint density at radius 2 is 1.64 bits per heavy atom. The van der Waals surface area contributed by atoms with Crippen LogP contribution in [-0.4, -0.2) is 50.0 Å².